The number of rotatable bonds is 5. The Bertz CT molecular complexity index is 387. The van der Waals surface area contributed by atoms with E-state index in [9.17, 15) is 0 Å². The Hall–Kier alpha value is -0.720. The zero-order valence-corrected chi connectivity index (χ0v) is 11.6. The van der Waals surface area contributed by atoms with Crippen molar-refractivity contribution in [3.8, 4) is 6.07 Å². The number of benzene rings is 1. The third-order valence-electron chi connectivity index (χ3n) is 2.41. The molecule has 0 unspecified atom stereocenters. The van der Waals surface area contributed by atoms with Crippen LogP contribution in [0.2, 0.25) is 0 Å². The van der Waals surface area contributed by atoms with Gasteiger partial charge in [0.05, 0.1) is 12.5 Å². The second-order valence-electron chi connectivity index (χ2n) is 3.39. The molecule has 0 aliphatic heterocycles. The molecule has 0 bridgehead atoms. The van der Waals surface area contributed by atoms with Gasteiger partial charge in [0.2, 0.25) is 0 Å². The standard InChI is InChI=1S/C12H14BrClN2/c1-2-16(7-3-6-15)12-8-11(13)5-4-10(12)9-14/h4-5,8H,2-3,7,9H2,1H3. The van der Waals surface area contributed by atoms with Crippen molar-refractivity contribution in [1.82, 2.24) is 0 Å². The Morgan fingerprint density at radius 2 is 2.25 bits per heavy atom. The molecule has 4 heteroatoms. The highest BCUT2D eigenvalue weighted by atomic mass is 79.9. The van der Waals surface area contributed by atoms with E-state index in [1.807, 2.05) is 12.1 Å². The molecule has 0 heterocycles. The van der Waals surface area contributed by atoms with Crippen LogP contribution in [0.1, 0.15) is 18.9 Å². The molecular weight excluding hydrogens is 288 g/mol. The summed E-state index contributed by atoms with van der Waals surface area (Å²) in [6.45, 7) is 3.70. The summed E-state index contributed by atoms with van der Waals surface area (Å²) in [4.78, 5) is 2.17. The molecular formula is C12H14BrClN2. The van der Waals surface area contributed by atoms with Crippen LogP contribution in [-0.2, 0) is 5.88 Å². The predicted octanol–water partition coefficient (Wildman–Crippen LogP) is 3.93. The van der Waals surface area contributed by atoms with E-state index in [0.29, 0.717) is 12.3 Å². The van der Waals surface area contributed by atoms with Gasteiger partial charge in [0.1, 0.15) is 0 Å². The average molecular weight is 302 g/mol. The van der Waals surface area contributed by atoms with Crippen molar-refractivity contribution in [2.75, 3.05) is 18.0 Å². The van der Waals surface area contributed by atoms with E-state index in [1.165, 1.54) is 0 Å². The third kappa shape index (κ3) is 3.40. The second-order valence-corrected chi connectivity index (χ2v) is 4.58. The van der Waals surface area contributed by atoms with Gasteiger partial charge in [-0.25, -0.2) is 0 Å². The quantitative estimate of drug-likeness (QED) is 0.771. The average Bonchev–Trinajstić information content (AvgIpc) is 2.30. The molecule has 0 fully saturated rings. The number of hydrogen-bond acceptors (Lipinski definition) is 2. The van der Waals surface area contributed by atoms with Gasteiger partial charge >= 0.3 is 0 Å². The first kappa shape index (κ1) is 13.3. The number of alkyl halides is 1. The molecule has 0 aliphatic carbocycles. The normalized spacial score (nSPS) is 9.88. The van der Waals surface area contributed by atoms with Crippen LogP contribution in [0.5, 0.6) is 0 Å². The molecule has 2 nitrogen and oxygen atoms in total. The lowest BCUT2D eigenvalue weighted by Crippen LogP contribution is -2.24. The van der Waals surface area contributed by atoms with Crippen LogP contribution in [0, 0.1) is 11.3 Å². The number of anilines is 1. The summed E-state index contributed by atoms with van der Waals surface area (Å²) in [5, 5.41) is 8.63. The molecule has 0 radical (unpaired) electrons. The number of nitrogens with zero attached hydrogens (tertiary/aromatic N) is 2. The summed E-state index contributed by atoms with van der Waals surface area (Å²) in [6, 6.07) is 8.22. The van der Waals surface area contributed by atoms with E-state index in [4.69, 9.17) is 16.9 Å². The maximum atomic E-state index is 8.63. The van der Waals surface area contributed by atoms with Crippen LogP contribution in [0.3, 0.4) is 0 Å². The third-order valence-corrected chi connectivity index (χ3v) is 3.19. The minimum atomic E-state index is 0.492. The SMILES string of the molecule is CCN(CCC#N)c1cc(Br)ccc1CCl. The first-order valence-electron chi connectivity index (χ1n) is 5.19. The topological polar surface area (TPSA) is 27.0 Å². The first-order chi connectivity index (χ1) is 7.72. The van der Waals surface area contributed by atoms with Crippen LogP contribution < -0.4 is 4.90 Å². The monoisotopic (exact) mass is 300 g/mol. The number of halogens is 2. The van der Waals surface area contributed by atoms with Gasteiger partial charge in [-0.2, -0.15) is 5.26 Å². The Balaban J connectivity index is 2.98. The highest BCUT2D eigenvalue weighted by Gasteiger charge is 2.09. The maximum absolute atomic E-state index is 8.63. The van der Waals surface area contributed by atoms with Gasteiger partial charge in [0.15, 0.2) is 0 Å². The molecule has 0 amide bonds. The van der Waals surface area contributed by atoms with Gasteiger partial charge < -0.3 is 4.90 Å². The van der Waals surface area contributed by atoms with Crippen molar-refractivity contribution in [2.45, 2.75) is 19.2 Å². The molecule has 86 valence electrons. The van der Waals surface area contributed by atoms with E-state index >= 15 is 0 Å². The van der Waals surface area contributed by atoms with E-state index < -0.39 is 0 Å². The largest absolute Gasteiger partial charge is 0.370 e. The van der Waals surface area contributed by atoms with Crippen LogP contribution >= 0.6 is 27.5 Å². The lowest BCUT2D eigenvalue weighted by molar-refractivity contribution is 0.822. The zero-order valence-electron chi connectivity index (χ0n) is 9.21. The fourth-order valence-corrected chi connectivity index (χ4v) is 2.15. The van der Waals surface area contributed by atoms with Gasteiger partial charge in [-0.15, -0.1) is 11.6 Å². The van der Waals surface area contributed by atoms with Crippen LogP contribution in [-0.4, -0.2) is 13.1 Å². The Kier molecular flexibility index (Phi) is 5.65. The molecule has 0 aromatic heterocycles. The van der Waals surface area contributed by atoms with Gasteiger partial charge in [0, 0.05) is 29.1 Å². The van der Waals surface area contributed by atoms with Crippen molar-refractivity contribution >= 4 is 33.2 Å². The van der Waals surface area contributed by atoms with Crippen molar-refractivity contribution in [1.29, 1.82) is 5.26 Å². The van der Waals surface area contributed by atoms with E-state index in [0.717, 1.165) is 28.8 Å². The van der Waals surface area contributed by atoms with E-state index in [1.54, 1.807) is 0 Å². The molecule has 0 spiro atoms. The molecule has 16 heavy (non-hydrogen) atoms. The number of nitriles is 1. The minimum absolute atomic E-state index is 0.492. The fraction of sp³-hybridized carbons (Fsp3) is 0.417. The highest BCUT2D eigenvalue weighted by Crippen LogP contribution is 2.26. The van der Waals surface area contributed by atoms with E-state index in [-0.39, 0.29) is 0 Å². The molecule has 0 saturated carbocycles. The number of hydrogen-bond donors (Lipinski definition) is 0. The molecule has 1 rings (SSSR count). The van der Waals surface area contributed by atoms with Gasteiger partial charge in [0.25, 0.3) is 0 Å². The molecule has 0 N–H and O–H groups in total. The molecule has 0 aliphatic rings. The van der Waals surface area contributed by atoms with Crippen LogP contribution in [0.25, 0.3) is 0 Å². The van der Waals surface area contributed by atoms with E-state index in [2.05, 4.69) is 39.9 Å². The summed E-state index contributed by atoms with van der Waals surface area (Å²) >= 11 is 9.37. The van der Waals surface area contributed by atoms with Crippen molar-refractivity contribution in [3.05, 3.63) is 28.2 Å². The van der Waals surface area contributed by atoms with Gasteiger partial charge in [-0.1, -0.05) is 22.0 Å². The van der Waals surface area contributed by atoms with Gasteiger partial charge in [-0.05, 0) is 24.6 Å². The Morgan fingerprint density at radius 3 is 2.81 bits per heavy atom. The fourth-order valence-electron chi connectivity index (χ4n) is 1.58. The van der Waals surface area contributed by atoms with Crippen molar-refractivity contribution < 1.29 is 0 Å². The smallest absolute Gasteiger partial charge is 0.0640 e. The van der Waals surface area contributed by atoms with Gasteiger partial charge in [-0.3, -0.25) is 0 Å². The predicted molar refractivity (Wildman–Crippen MR) is 71.8 cm³/mol. The molecule has 0 atom stereocenters. The van der Waals surface area contributed by atoms with Crippen molar-refractivity contribution in [3.63, 3.8) is 0 Å². The highest BCUT2D eigenvalue weighted by molar-refractivity contribution is 9.10. The zero-order chi connectivity index (χ0) is 12.0. The molecule has 1 aromatic carbocycles. The van der Waals surface area contributed by atoms with Crippen LogP contribution in [0.15, 0.2) is 22.7 Å². The second kappa shape index (κ2) is 6.78. The Labute approximate surface area is 110 Å². The summed E-state index contributed by atoms with van der Waals surface area (Å²) in [7, 11) is 0. The summed E-state index contributed by atoms with van der Waals surface area (Å²) < 4.78 is 1.03. The van der Waals surface area contributed by atoms with Crippen LogP contribution in [0.4, 0.5) is 5.69 Å². The maximum Gasteiger partial charge on any atom is 0.0640 e. The summed E-state index contributed by atoms with van der Waals surface area (Å²) in [5.74, 6) is 0.492. The van der Waals surface area contributed by atoms with Crippen molar-refractivity contribution in [2.24, 2.45) is 0 Å². The lowest BCUT2D eigenvalue weighted by atomic mass is 10.1. The minimum Gasteiger partial charge on any atom is -0.370 e. The summed E-state index contributed by atoms with van der Waals surface area (Å²) in [6.07, 6.45) is 0.530. The molecule has 1 aromatic rings. The Morgan fingerprint density at radius 1 is 1.50 bits per heavy atom. The molecule has 0 saturated heterocycles. The summed E-state index contributed by atoms with van der Waals surface area (Å²) in [5.41, 5.74) is 2.21. The lowest BCUT2D eigenvalue weighted by Gasteiger charge is -2.24. The first-order valence-corrected chi connectivity index (χ1v) is 6.52.